The van der Waals surface area contributed by atoms with Gasteiger partial charge in [0.25, 0.3) is 11.6 Å². The van der Waals surface area contributed by atoms with E-state index in [-0.39, 0.29) is 11.3 Å². The van der Waals surface area contributed by atoms with E-state index in [4.69, 9.17) is 0 Å². The number of amides is 1. The first-order valence-corrected chi connectivity index (χ1v) is 8.31. The van der Waals surface area contributed by atoms with Gasteiger partial charge in [0, 0.05) is 24.9 Å². The van der Waals surface area contributed by atoms with Crippen LogP contribution < -0.4 is 10.6 Å². The van der Waals surface area contributed by atoms with E-state index in [1.165, 1.54) is 18.2 Å². The molecule has 138 valence electrons. The van der Waals surface area contributed by atoms with Crippen LogP contribution in [0.4, 0.5) is 17.1 Å². The maximum atomic E-state index is 12.8. The highest BCUT2D eigenvalue weighted by molar-refractivity contribution is 6.09. The maximum absolute atomic E-state index is 12.8. The van der Waals surface area contributed by atoms with Gasteiger partial charge in [-0.2, -0.15) is 5.10 Å². The van der Waals surface area contributed by atoms with E-state index in [1.54, 1.807) is 18.7 Å². The Morgan fingerprint density at radius 3 is 2.48 bits per heavy atom. The number of nitrogens with one attached hydrogen (secondary N) is 2. The third-order valence-corrected chi connectivity index (χ3v) is 4.26. The van der Waals surface area contributed by atoms with Gasteiger partial charge in [-0.05, 0) is 32.0 Å². The van der Waals surface area contributed by atoms with Gasteiger partial charge in [-0.1, -0.05) is 18.2 Å². The minimum absolute atomic E-state index is 0.146. The highest BCUT2D eigenvalue weighted by atomic mass is 16.6. The zero-order valence-electron chi connectivity index (χ0n) is 15.2. The number of anilines is 2. The summed E-state index contributed by atoms with van der Waals surface area (Å²) in [6, 6.07) is 13.7. The van der Waals surface area contributed by atoms with E-state index in [1.807, 2.05) is 37.3 Å². The lowest BCUT2D eigenvalue weighted by Gasteiger charge is -2.10. The molecule has 0 fully saturated rings. The molecule has 3 rings (SSSR count). The van der Waals surface area contributed by atoms with Crippen LogP contribution >= 0.6 is 0 Å². The third kappa shape index (κ3) is 3.50. The van der Waals surface area contributed by atoms with E-state index in [0.717, 1.165) is 11.4 Å². The van der Waals surface area contributed by atoms with Crippen LogP contribution in [0.15, 0.2) is 48.5 Å². The van der Waals surface area contributed by atoms with E-state index in [9.17, 15) is 14.9 Å². The van der Waals surface area contributed by atoms with Crippen molar-refractivity contribution in [2.24, 2.45) is 0 Å². The van der Waals surface area contributed by atoms with Crippen LogP contribution in [0.5, 0.6) is 0 Å². The number of aryl methyl sites for hydroxylation is 1. The van der Waals surface area contributed by atoms with Gasteiger partial charge in [-0.15, -0.1) is 0 Å². The predicted molar refractivity (Wildman–Crippen MR) is 104 cm³/mol. The second kappa shape index (κ2) is 7.28. The molecule has 0 aliphatic heterocycles. The molecule has 0 saturated heterocycles. The lowest BCUT2D eigenvalue weighted by molar-refractivity contribution is -0.384. The van der Waals surface area contributed by atoms with Crippen molar-refractivity contribution in [1.29, 1.82) is 0 Å². The van der Waals surface area contributed by atoms with Crippen LogP contribution in [0.2, 0.25) is 0 Å². The molecular weight excluding hydrogens is 346 g/mol. The number of hydrogen-bond acceptors (Lipinski definition) is 5. The Hall–Kier alpha value is -3.68. The molecule has 1 heterocycles. The summed E-state index contributed by atoms with van der Waals surface area (Å²) in [6.45, 7) is 3.66. The number of carbonyl (C=O) groups is 1. The van der Waals surface area contributed by atoms with Gasteiger partial charge in [0.2, 0.25) is 0 Å². The van der Waals surface area contributed by atoms with Gasteiger partial charge in [-0.25, -0.2) is 4.68 Å². The quantitative estimate of drug-likeness (QED) is 0.530. The number of rotatable bonds is 5. The van der Waals surface area contributed by atoms with E-state index >= 15 is 0 Å². The Bertz CT molecular complexity index is 1010. The van der Waals surface area contributed by atoms with Gasteiger partial charge in [0.1, 0.15) is 0 Å². The van der Waals surface area contributed by atoms with Gasteiger partial charge >= 0.3 is 0 Å². The molecule has 0 aliphatic rings. The van der Waals surface area contributed by atoms with Crippen molar-refractivity contribution in [1.82, 2.24) is 9.78 Å². The summed E-state index contributed by atoms with van der Waals surface area (Å²) in [5.41, 5.74) is 3.43. The summed E-state index contributed by atoms with van der Waals surface area (Å²) in [6.07, 6.45) is 0. The van der Waals surface area contributed by atoms with Crippen LogP contribution in [-0.4, -0.2) is 27.7 Å². The molecule has 3 aromatic rings. The molecule has 0 bridgehead atoms. The van der Waals surface area contributed by atoms with E-state index < -0.39 is 10.8 Å². The first-order valence-electron chi connectivity index (χ1n) is 8.31. The number of hydrogen-bond donors (Lipinski definition) is 2. The highest BCUT2D eigenvalue weighted by Crippen LogP contribution is 2.26. The number of non-ortho nitro benzene ring substituents is 1. The molecule has 1 amide bonds. The smallest absolute Gasteiger partial charge is 0.270 e. The van der Waals surface area contributed by atoms with Crippen LogP contribution in [0.3, 0.4) is 0 Å². The van der Waals surface area contributed by atoms with Crippen molar-refractivity contribution in [3.8, 4) is 5.69 Å². The SMILES string of the molecule is CNc1ccc([N+](=O)[O-])cc1C(=O)Nc1c(C)nn(-c2ccccc2)c1C. The molecule has 27 heavy (non-hydrogen) atoms. The third-order valence-electron chi connectivity index (χ3n) is 4.26. The highest BCUT2D eigenvalue weighted by Gasteiger charge is 2.20. The molecule has 0 unspecified atom stereocenters. The minimum Gasteiger partial charge on any atom is -0.387 e. The zero-order valence-corrected chi connectivity index (χ0v) is 15.2. The van der Waals surface area contributed by atoms with Crippen molar-refractivity contribution < 1.29 is 9.72 Å². The van der Waals surface area contributed by atoms with Crippen molar-refractivity contribution in [2.45, 2.75) is 13.8 Å². The molecular formula is C19H19N5O3. The lowest BCUT2D eigenvalue weighted by atomic mass is 10.1. The van der Waals surface area contributed by atoms with E-state index in [0.29, 0.717) is 17.1 Å². The Morgan fingerprint density at radius 1 is 1.15 bits per heavy atom. The maximum Gasteiger partial charge on any atom is 0.270 e. The molecule has 8 nitrogen and oxygen atoms in total. The fourth-order valence-corrected chi connectivity index (χ4v) is 2.88. The Morgan fingerprint density at radius 2 is 1.85 bits per heavy atom. The second-order valence-corrected chi connectivity index (χ2v) is 5.98. The molecule has 0 atom stereocenters. The Kier molecular flexibility index (Phi) is 4.89. The van der Waals surface area contributed by atoms with Crippen LogP contribution in [0, 0.1) is 24.0 Å². The van der Waals surface area contributed by atoms with Crippen LogP contribution in [-0.2, 0) is 0 Å². The molecule has 0 saturated carbocycles. The van der Waals surface area contributed by atoms with Crippen molar-refractivity contribution in [3.63, 3.8) is 0 Å². The average molecular weight is 365 g/mol. The number of nitrogens with zero attached hydrogens (tertiary/aromatic N) is 3. The normalized spacial score (nSPS) is 10.5. The molecule has 2 N–H and O–H groups in total. The number of para-hydroxylation sites is 1. The van der Waals surface area contributed by atoms with Crippen molar-refractivity contribution >= 4 is 23.0 Å². The lowest BCUT2D eigenvalue weighted by Crippen LogP contribution is -2.15. The molecule has 2 aromatic carbocycles. The molecule has 1 aromatic heterocycles. The summed E-state index contributed by atoms with van der Waals surface area (Å²) in [5.74, 6) is -0.443. The number of benzene rings is 2. The second-order valence-electron chi connectivity index (χ2n) is 5.98. The molecule has 0 aliphatic carbocycles. The van der Waals surface area contributed by atoms with E-state index in [2.05, 4.69) is 15.7 Å². The first-order chi connectivity index (χ1) is 12.9. The number of nitro benzene ring substituents is 1. The first kappa shape index (κ1) is 18.1. The average Bonchev–Trinajstić information content (AvgIpc) is 2.96. The number of nitro groups is 1. The standard InChI is InChI=1S/C19H19N5O3/c1-12-18(13(2)23(22-12)14-7-5-4-6-8-14)21-19(25)16-11-15(24(26)27)9-10-17(16)20-3/h4-11,20H,1-3H3,(H,21,25). The van der Waals surface area contributed by atoms with Gasteiger partial charge in [0.15, 0.2) is 0 Å². The van der Waals surface area contributed by atoms with Crippen molar-refractivity contribution in [3.05, 3.63) is 75.6 Å². The van der Waals surface area contributed by atoms with Crippen LogP contribution in [0.1, 0.15) is 21.7 Å². The summed E-state index contributed by atoms with van der Waals surface area (Å²) < 4.78 is 1.75. The summed E-state index contributed by atoms with van der Waals surface area (Å²) >= 11 is 0. The number of aromatic nitrogens is 2. The number of carbonyl (C=O) groups excluding carboxylic acids is 1. The van der Waals surface area contributed by atoms with Gasteiger partial charge in [0.05, 0.1) is 33.2 Å². The van der Waals surface area contributed by atoms with Gasteiger partial charge < -0.3 is 10.6 Å². The molecule has 0 radical (unpaired) electrons. The summed E-state index contributed by atoms with van der Waals surface area (Å²) in [7, 11) is 1.65. The van der Waals surface area contributed by atoms with Gasteiger partial charge in [-0.3, -0.25) is 14.9 Å². The monoisotopic (exact) mass is 365 g/mol. The summed E-state index contributed by atoms with van der Waals surface area (Å²) in [5, 5.41) is 21.3. The minimum atomic E-state index is -0.528. The van der Waals surface area contributed by atoms with Crippen molar-refractivity contribution in [2.75, 3.05) is 17.7 Å². The Balaban J connectivity index is 1.97. The fourth-order valence-electron chi connectivity index (χ4n) is 2.88. The topological polar surface area (TPSA) is 102 Å². The largest absolute Gasteiger partial charge is 0.387 e. The Labute approximate surface area is 156 Å². The fraction of sp³-hybridized carbons (Fsp3) is 0.158. The molecule has 8 heteroatoms. The van der Waals surface area contributed by atoms with Crippen LogP contribution in [0.25, 0.3) is 5.69 Å². The molecule has 0 spiro atoms. The predicted octanol–water partition coefficient (Wildman–Crippen LogP) is 3.69. The summed E-state index contributed by atoms with van der Waals surface area (Å²) in [4.78, 5) is 23.3. The zero-order chi connectivity index (χ0) is 19.6.